The van der Waals surface area contributed by atoms with Gasteiger partial charge in [0.2, 0.25) is 5.89 Å². The van der Waals surface area contributed by atoms with E-state index in [1.165, 1.54) is 24.8 Å². The zero-order valence-electron chi connectivity index (χ0n) is 18.6. The van der Waals surface area contributed by atoms with Crippen LogP contribution in [0.5, 0.6) is 0 Å². The van der Waals surface area contributed by atoms with Gasteiger partial charge in [0.1, 0.15) is 5.52 Å². The van der Waals surface area contributed by atoms with Crippen molar-refractivity contribution in [3.05, 3.63) is 70.4 Å². The maximum Gasteiger partial charge on any atom is 0.277 e. The van der Waals surface area contributed by atoms with E-state index in [0.717, 1.165) is 24.2 Å². The van der Waals surface area contributed by atoms with E-state index in [4.69, 9.17) is 4.52 Å². The lowest BCUT2D eigenvalue weighted by Gasteiger charge is -2.31. The van der Waals surface area contributed by atoms with E-state index in [0.29, 0.717) is 29.8 Å². The summed E-state index contributed by atoms with van der Waals surface area (Å²) >= 11 is 0. The monoisotopic (exact) mass is 432 g/mol. The number of piperidine rings is 1. The molecule has 32 heavy (non-hydrogen) atoms. The van der Waals surface area contributed by atoms with E-state index in [9.17, 15) is 4.79 Å². The van der Waals surface area contributed by atoms with Crippen molar-refractivity contribution in [3.63, 3.8) is 0 Å². The van der Waals surface area contributed by atoms with Gasteiger partial charge in [-0.1, -0.05) is 42.8 Å². The molecule has 8 heteroatoms. The number of benzene rings is 1. The molecular formula is C24H28N6O2. The fourth-order valence-electron chi connectivity index (χ4n) is 4.34. The van der Waals surface area contributed by atoms with Crippen LogP contribution in [0.4, 0.5) is 0 Å². The van der Waals surface area contributed by atoms with Gasteiger partial charge in [-0.25, -0.2) is 4.52 Å². The number of likely N-dealkylation sites (tertiary alicyclic amines) is 1. The predicted molar refractivity (Wildman–Crippen MR) is 121 cm³/mol. The van der Waals surface area contributed by atoms with Crippen LogP contribution < -0.4 is 5.56 Å². The zero-order valence-corrected chi connectivity index (χ0v) is 18.6. The first-order chi connectivity index (χ1) is 15.6. The van der Waals surface area contributed by atoms with Crippen LogP contribution >= 0.6 is 0 Å². The fourth-order valence-corrected chi connectivity index (χ4v) is 4.34. The number of rotatable bonds is 6. The minimum atomic E-state index is -0.132. The van der Waals surface area contributed by atoms with Gasteiger partial charge in [0.25, 0.3) is 5.56 Å². The Balaban J connectivity index is 1.35. The number of fused-ring (bicyclic) bond motifs is 1. The molecule has 1 fully saturated rings. The molecule has 0 N–H and O–H groups in total. The minimum Gasteiger partial charge on any atom is -0.338 e. The van der Waals surface area contributed by atoms with Crippen LogP contribution in [-0.2, 0) is 19.5 Å². The average molecular weight is 433 g/mol. The molecule has 1 unspecified atom stereocenters. The van der Waals surface area contributed by atoms with E-state index in [-0.39, 0.29) is 12.1 Å². The van der Waals surface area contributed by atoms with Gasteiger partial charge in [0.05, 0.1) is 18.8 Å². The highest BCUT2D eigenvalue weighted by Crippen LogP contribution is 2.20. The van der Waals surface area contributed by atoms with Gasteiger partial charge in [-0.05, 0) is 44.4 Å². The van der Waals surface area contributed by atoms with Gasteiger partial charge < -0.3 is 9.09 Å². The topological polar surface area (TPSA) is 81.5 Å². The Morgan fingerprint density at radius 3 is 2.75 bits per heavy atom. The number of aryl methyl sites for hydroxylation is 1. The number of hydrogen-bond acceptors (Lipinski definition) is 6. The molecule has 0 radical (unpaired) electrons. The Bertz CT molecular complexity index is 1270. The van der Waals surface area contributed by atoms with Crippen molar-refractivity contribution in [3.8, 4) is 11.3 Å². The van der Waals surface area contributed by atoms with Crippen molar-refractivity contribution in [2.75, 3.05) is 6.54 Å². The largest absolute Gasteiger partial charge is 0.338 e. The molecule has 8 nitrogen and oxygen atoms in total. The summed E-state index contributed by atoms with van der Waals surface area (Å²) in [6.45, 7) is 6.34. The molecule has 0 spiro atoms. The zero-order chi connectivity index (χ0) is 22.1. The SMILES string of the molecule is CCc1ccc(-c2cc3c(=O)n(Cc4noc(CN5CCCCC5C)n4)ccn3n2)cc1. The van der Waals surface area contributed by atoms with Crippen molar-refractivity contribution >= 4 is 5.52 Å². The Labute approximate surface area is 186 Å². The standard InChI is InChI=1S/C24H28N6O2/c1-3-18-7-9-19(10-8-18)20-14-21-24(31)29(12-13-30(21)26-20)15-22-25-23(32-27-22)16-28-11-5-4-6-17(28)2/h7-10,12-14,17H,3-6,11,15-16H2,1-2H3. The second-order valence-corrected chi connectivity index (χ2v) is 8.56. The molecule has 0 bridgehead atoms. The molecule has 166 valence electrons. The summed E-state index contributed by atoms with van der Waals surface area (Å²) in [6.07, 6.45) is 8.18. The molecule has 1 aliphatic rings. The summed E-state index contributed by atoms with van der Waals surface area (Å²) in [7, 11) is 0. The normalized spacial score (nSPS) is 17.2. The smallest absolute Gasteiger partial charge is 0.277 e. The third-order valence-electron chi connectivity index (χ3n) is 6.36. The van der Waals surface area contributed by atoms with Crippen molar-refractivity contribution in [2.45, 2.75) is 58.7 Å². The average Bonchev–Trinajstić information content (AvgIpc) is 3.45. The van der Waals surface area contributed by atoms with Crippen molar-refractivity contribution in [2.24, 2.45) is 0 Å². The lowest BCUT2D eigenvalue weighted by molar-refractivity contribution is 0.135. The Morgan fingerprint density at radius 1 is 1.12 bits per heavy atom. The number of hydrogen-bond donors (Lipinski definition) is 0. The van der Waals surface area contributed by atoms with Gasteiger partial charge in [-0.3, -0.25) is 9.69 Å². The molecule has 0 saturated carbocycles. The van der Waals surface area contributed by atoms with Gasteiger partial charge in [-0.2, -0.15) is 10.1 Å². The second kappa shape index (κ2) is 8.70. The molecule has 4 heterocycles. The highest BCUT2D eigenvalue weighted by Gasteiger charge is 2.21. The number of aromatic nitrogens is 5. The van der Waals surface area contributed by atoms with E-state index >= 15 is 0 Å². The molecule has 1 aliphatic heterocycles. The lowest BCUT2D eigenvalue weighted by Crippen LogP contribution is -2.36. The Hall–Kier alpha value is -3.26. The molecule has 0 amide bonds. The van der Waals surface area contributed by atoms with Crippen LogP contribution in [0.1, 0.15) is 50.4 Å². The summed E-state index contributed by atoms with van der Waals surface area (Å²) in [5.41, 5.74) is 3.43. The maximum absolute atomic E-state index is 13.1. The van der Waals surface area contributed by atoms with E-state index in [1.54, 1.807) is 21.5 Å². The first-order valence-corrected chi connectivity index (χ1v) is 11.3. The van der Waals surface area contributed by atoms with Gasteiger partial charge in [0.15, 0.2) is 5.82 Å². The summed E-state index contributed by atoms with van der Waals surface area (Å²) in [4.78, 5) is 19.9. The van der Waals surface area contributed by atoms with Crippen LogP contribution in [0.15, 0.2) is 52.0 Å². The Kier molecular flexibility index (Phi) is 5.61. The van der Waals surface area contributed by atoms with Gasteiger partial charge >= 0.3 is 0 Å². The van der Waals surface area contributed by atoms with Gasteiger partial charge in [0, 0.05) is 24.0 Å². The van der Waals surface area contributed by atoms with E-state index in [1.807, 2.05) is 18.2 Å². The summed E-state index contributed by atoms with van der Waals surface area (Å²) in [6, 6.07) is 10.6. The van der Waals surface area contributed by atoms with Gasteiger partial charge in [-0.15, -0.1) is 0 Å². The second-order valence-electron chi connectivity index (χ2n) is 8.56. The molecular weight excluding hydrogens is 404 g/mol. The molecule has 1 aromatic carbocycles. The van der Waals surface area contributed by atoms with Crippen molar-refractivity contribution in [1.82, 2.24) is 29.2 Å². The predicted octanol–water partition coefficient (Wildman–Crippen LogP) is 3.53. The quantitative estimate of drug-likeness (QED) is 0.464. The summed E-state index contributed by atoms with van der Waals surface area (Å²) in [5, 5.41) is 8.67. The molecule has 4 aromatic rings. The first-order valence-electron chi connectivity index (χ1n) is 11.3. The fraction of sp³-hybridized carbons (Fsp3) is 0.417. The molecule has 0 aliphatic carbocycles. The highest BCUT2D eigenvalue weighted by molar-refractivity contribution is 5.65. The lowest BCUT2D eigenvalue weighted by atomic mass is 10.0. The summed E-state index contributed by atoms with van der Waals surface area (Å²) in [5.74, 6) is 1.11. The minimum absolute atomic E-state index is 0.132. The molecule has 3 aromatic heterocycles. The van der Waals surface area contributed by atoms with Crippen LogP contribution in [0.25, 0.3) is 16.8 Å². The third-order valence-corrected chi connectivity index (χ3v) is 6.36. The maximum atomic E-state index is 13.1. The molecule has 1 atom stereocenters. The summed E-state index contributed by atoms with van der Waals surface area (Å²) < 4.78 is 8.68. The number of nitrogens with zero attached hydrogens (tertiary/aromatic N) is 6. The van der Waals surface area contributed by atoms with E-state index < -0.39 is 0 Å². The van der Waals surface area contributed by atoms with Crippen LogP contribution in [0.3, 0.4) is 0 Å². The molecule has 1 saturated heterocycles. The van der Waals surface area contributed by atoms with E-state index in [2.05, 4.69) is 46.1 Å². The van der Waals surface area contributed by atoms with Crippen LogP contribution in [0, 0.1) is 0 Å². The first kappa shape index (κ1) is 20.6. The van der Waals surface area contributed by atoms with Crippen LogP contribution in [-0.4, -0.2) is 41.8 Å². The van der Waals surface area contributed by atoms with Crippen molar-refractivity contribution < 1.29 is 4.52 Å². The van der Waals surface area contributed by atoms with Crippen molar-refractivity contribution in [1.29, 1.82) is 0 Å². The highest BCUT2D eigenvalue weighted by atomic mass is 16.5. The third kappa shape index (κ3) is 4.10. The Morgan fingerprint density at radius 2 is 1.97 bits per heavy atom. The van der Waals surface area contributed by atoms with Crippen LogP contribution in [0.2, 0.25) is 0 Å². The molecule has 5 rings (SSSR count).